The SMILES string of the molecule is Cc1c(C(NC(=O)CC(C)N)C(C)C)oc2ccccc12. The number of nitrogens with one attached hydrogen (secondary N) is 1. The third-order valence-corrected chi connectivity index (χ3v) is 3.65. The Bertz CT molecular complexity index is 629. The molecule has 0 saturated heterocycles. The number of para-hydroxylation sites is 1. The number of carbonyl (C=O) groups excluding carboxylic acids is 1. The van der Waals surface area contributed by atoms with Crippen molar-refractivity contribution in [1.82, 2.24) is 5.32 Å². The number of rotatable bonds is 5. The number of hydrogen-bond donors (Lipinski definition) is 2. The second-order valence-electron chi connectivity index (χ2n) is 6.06. The summed E-state index contributed by atoms with van der Waals surface area (Å²) < 4.78 is 5.98. The van der Waals surface area contributed by atoms with E-state index < -0.39 is 0 Å². The number of amides is 1. The number of hydrogen-bond acceptors (Lipinski definition) is 3. The lowest BCUT2D eigenvalue weighted by atomic mass is 9.98. The smallest absolute Gasteiger partial charge is 0.222 e. The number of benzene rings is 1. The maximum absolute atomic E-state index is 12.0. The molecular weight excluding hydrogens is 264 g/mol. The van der Waals surface area contributed by atoms with E-state index in [9.17, 15) is 4.79 Å². The van der Waals surface area contributed by atoms with Crippen molar-refractivity contribution in [3.8, 4) is 0 Å². The van der Waals surface area contributed by atoms with Crippen LogP contribution < -0.4 is 11.1 Å². The molecule has 1 aromatic carbocycles. The van der Waals surface area contributed by atoms with Gasteiger partial charge in [-0.15, -0.1) is 0 Å². The molecule has 0 aliphatic carbocycles. The van der Waals surface area contributed by atoms with Crippen LogP contribution in [0.3, 0.4) is 0 Å². The van der Waals surface area contributed by atoms with Crippen LogP contribution in [0.1, 0.15) is 44.6 Å². The first-order valence-corrected chi connectivity index (χ1v) is 7.43. The predicted octanol–water partition coefficient (Wildman–Crippen LogP) is 3.29. The molecule has 114 valence electrons. The number of nitrogens with two attached hydrogens (primary N) is 1. The molecule has 4 nitrogen and oxygen atoms in total. The Morgan fingerprint density at radius 2 is 1.95 bits per heavy atom. The maximum Gasteiger partial charge on any atom is 0.222 e. The Balaban J connectivity index is 2.32. The summed E-state index contributed by atoms with van der Waals surface area (Å²) in [4.78, 5) is 12.0. The maximum atomic E-state index is 12.0. The fourth-order valence-corrected chi connectivity index (χ4v) is 2.55. The molecule has 1 heterocycles. The number of fused-ring (bicyclic) bond motifs is 1. The lowest BCUT2D eigenvalue weighted by Gasteiger charge is -2.21. The van der Waals surface area contributed by atoms with Gasteiger partial charge in [0.2, 0.25) is 5.91 Å². The van der Waals surface area contributed by atoms with Gasteiger partial charge in [-0.3, -0.25) is 4.79 Å². The van der Waals surface area contributed by atoms with Gasteiger partial charge in [-0.05, 0) is 25.8 Å². The molecule has 0 aliphatic rings. The fraction of sp³-hybridized carbons (Fsp3) is 0.471. The van der Waals surface area contributed by atoms with E-state index in [1.54, 1.807) is 0 Å². The zero-order valence-electron chi connectivity index (χ0n) is 13.1. The van der Waals surface area contributed by atoms with Crippen molar-refractivity contribution in [1.29, 1.82) is 0 Å². The highest BCUT2D eigenvalue weighted by atomic mass is 16.3. The molecule has 2 aromatic rings. The summed E-state index contributed by atoms with van der Waals surface area (Å²) in [5.41, 5.74) is 7.64. The third-order valence-electron chi connectivity index (χ3n) is 3.65. The minimum absolute atomic E-state index is 0.0384. The molecule has 21 heavy (non-hydrogen) atoms. The summed E-state index contributed by atoms with van der Waals surface area (Å²) in [6.45, 7) is 8.01. The van der Waals surface area contributed by atoms with Crippen molar-refractivity contribution < 1.29 is 9.21 Å². The van der Waals surface area contributed by atoms with Crippen LogP contribution in [0.4, 0.5) is 0 Å². The molecule has 0 bridgehead atoms. The number of carbonyl (C=O) groups is 1. The Morgan fingerprint density at radius 3 is 2.52 bits per heavy atom. The van der Waals surface area contributed by atoms with Crippen LogP contribution in [0.2, 0.25) is 0 Å². The van der Waals surface area contributed by atoms with E-state index in [4.69, 9.17) is 10.2 Å². The minimum atomic E-state index is -0.144. The molecule has 1 aromatic heterocycles. The molecule has 2 unspecified atom stereocenters. The predicted molar refractivity (Wildman–Crippen MR) is 84.9 cm³/mol. The molecule has 4 heteroatoms. The molecule has 1 amide bonds. The van der Waals surface area contributed by atoms with Crippen LogP contribution in [0.5, 0.6) is 0 Å². The first kappa shape index (κ1) is 15.6. The summed E-state index contributed by atoms with van der Waals surface area (Å²) in [6.07, 6.45) is 0.322. The Kier molecular flexibility index (Phi) is 4.68. The van der Waals surface area contributed by atoms with Crippen LogP contribution in [0.25, 0.3) is 11.0 Å². The molecule has 3 N–H and O–H groups in total. The van der Waals surface area contributed by atoms with E-state index in [1.807, 2.05) is 38.1 Å². The lowest BCUT2D eigenvalue weighted by molar-refractivity contribution is -0.122. The molecule has 0 aliphatic heterocycles. The van der Waals surface area contributed by atoms with E-state index in [-0.39, 0.29) is 23.9 Å². The van der Waals surface area contributed by atoms with Crippen LogP contribution >= 0.6 is 0 Å². The molecular formula is C17H24N2O2. The molecule has 2 rings (SSSR count). The van der Waals surface area contributed by atoms with Gasteiger partial charge in [0, 0.05) is 23.4 Å². The van der Waals surface area contributed by atoms with Gasteiger partial charge in [-0.25, -0.2) is 0 Å². The minimum Gasteiger partial charge on any atom is -0.459 e. The lowest BCUT2D eigenvalue weighted by Crippen LogP contribution is -2.35. The van der Waals surface area contributed by atoms with Gasteiger partial charge in [0.15, 0.2) is 0 Å². The van der Waals surface area contributed by atoms with Gasteiger partial charge in [0.1, 0.15) is 11.3 Å². The fourth-order valence-electron chi connectivity index (χ4n) is 2.55. The van der Waals surface area contributed by atoms with Crippen molar-refractivity contribution in [3.05, 3.63) is 35.6 Å². The highest BCUT2D eigenvalue weighted by Gasteiger charge is 2.25. The number of furan rings is 1. The average molecular weight is 288 g/mol. The normalized spacial score (nSPS) is 14.4. The van der Waals surface area contributed by atoms with Crippen LogP contribution in [-0.4, -0.2) is 11.9 Å². The standard InChI is InChI=1S/C17H24N2O2/c1-10(2)16(19-15(20)9-11(3)18)17-12(4)13-7-5-6-8-14(13)21-17/h5-8,10-11,16H,9,18H2,1-4H3,(H,19,20). The van der Waals surface area contributed by atoms with E-state index in [2.05, 4.69) is 19.2 Å². The highest BCUT2D eigenvalue weighted by Crippen LogP contribution is 2.32. The highest BCUT2D eigenvalue weighted by molar-refractivity contribution is 5.82. The van der Waals surface area contributed by atoms with Gasteiger partial charge in [0.25, 0.3) is 0 Å². The van der Waals surface area contributed by atoms with Gasteiger partial charge in [0.05, 0.1) is 6.04 Å². The molecule has 0 fully saturated rings. The van der Waals surface area contributed by atoms with E-state index in [1.165, 1.54) is 0 Å². The van der Waals surface area contributed by atoms with Crippen molar-refractivity contribution >= 4 is 16.9 Å². The topological polar surface area (TPSA) is 68.3 Å². The van der Waals surface area contributed by atoms with Gasteiger partial charge < -0.3 is 15.5 Å². The molecule has 0 radical (unpaired) electrons. The first-order valence-electron chi connectivity index (χ1n) is 7.43. The first-order chi connectivity index (χ1) is 9.90. The summed E-state index contributed by atoms with van der Waals surface area (Å²) in [5.74, 6) is 1.04. The average Bonchev–Trinajstić information content (AvgIpc) is 2.73. The van der Waals surface area contributed by atoms with Crippen molar-refractivity contribution in [3.63, 3.8) is 0 Å². The van der Waals surface area contributed by atoms with Crippen molar-refractivity contribution in [2.24, 2.45) is 11.7 Å². The van der Waals surface area contributed by atoms with Gasteiger partial charge in [-0.1, -0.05) is 32.0 Å². The molecule has 2 atom stereocenters. The van der Waals surface area contributed by atoms with Crippen LogP contribution in [-0.2, 0) is 4.79 Å². The Hall–Kier alpha value is -1.81. The summed E-state index contributed by atoms with van der Waals surface area (Å²) in [6, 6.07) is 7.66. The van der Waals surface area contributed by atoms with Crippen molar-refractivity contribution in [2.75, 3.05) is 0 Å². The largest absolute Gasteiger partial charge is 0.459 e. The second kappa shape index (κ2) is 6.31. The second-order valence-corrected chi connectivity index (χ2v) is 6.06. The Morgan fingerprint density at radius 1 is 1.29 bits per heavy atom. The van der Waals surface area contributed by atoms with Crippen LogP contribution in [0.15, 0.2) is 28.7 Å². The quantitative estimate of drug-likeness (QED) is 0.887. The summed E-state index contributed by atoms with van der Waals surface area (Å²) in [5, 5.41) is 4.15. The Labute approximate surface area is 125 Å². The zero-order chi connectivity index (χ0) is 15.6. The molecule has 0 saturated carbocycles. The van der Waals surface area contributed by atoms with E-state index in [0.29, 0.717) is 6.42 Å². The van der Waals surface area contributed by atoms with Crippen molar-refractivity contribution in [2.45, 2.75) is 46.2 Å². The van der Waals surface area contributed by atoms with E-state index in [0.717, 1.165) is 22.3 Å². The monoisotopic (exact) mass is 288 g/mol. The zero-order valence-corrected chi connectivity index (χ0v) is 13.1. The van der Waals surface area contributed by atoms with Crippen LogP contribution in [0, 0.1) is 12.8 Å². The number of aryl methyl sites for hydroxylation is 1. The third kappa shape index (κ3) is 3.45. The summed E-state index contributed by atoms with van der Waals surface area (Å²) >= 11 is 0. The van der Waals surface area contributed by atoms with Gasteiger partial charge in [-0.2, -0.15) is 0 Å². The van der Waals surface area contributed by atoms with Gasteiger partial charge >= 0.3 is 0 Å². The molecule has 0 spiro atoms. The summed E-state index contributed by atoms with van der Waals surface area (Å²) in [7, 11) is 0. The van der Waals surface area contributed by atoms with E-state index >= 15 is 0 Å².